The molecule has 0 bridgehead atoms. The van der Waals surface area contributed by atoms with Crippen LogP contribution in [0.1, 0.15) is 5.56 Å². The molecule has 0 fully saturated rings. The van der Waals surface area contributed by atoms with Crippen LogP contribution in [-0.2, 0) is 6.54 Å². The van der Waals surface area contributed by atoms with Crippen molar-refractivity contribution in [1.29, 1.82) is 0 Å². The zero-order valence-corrected chi connectivity index (χ0v) is 10.4. The summed E-state index contributed by atoms with van der Waals surface area (Å²) >= 11 is 12.0. The van der Waals surface area contributed by atoms with E-state index in [0.717, 1.165) is 11.1 Å². The minimum Gasteiger partial charge on any atom is -0.326 e. The maximum absolute atomic E-state index is 13.2. The van der Waals surface area contributed by atoms with Crippen LogP contribution in [0.2, 0.25) is 10.0 Å². The molecule has 0 heterocycles. The van der Waals surface area contributed by atoms with E-state index < -0.39 is 0 Å². The second-order valence-electron chi connectivity index (χ2n) is 3.63. The summed E-state index contributed by atoms with van der Waals surface area (Å²) < 4.78 is 13.2. The van der Waals surface area contributed by atoms with Crippen molar-refractivity contribution < 1.29 is 4.39 Å². The Hall–Kier alpha value is -1.09. The maximum Gasteiger partial charge on any atom is 0.123 e. The minimum atomic E-state index is -0.325. The molecule has 2 aromatic carbocycles. The molecular weight excluding hydrogens is 260 g/mol. The molecule has 0 aliphatic heterocycles. The highest BCUT2D eigenvalue weighted by atomic mass is 35.5. The average Bonchev–Trinajstić information content (AvgIpc) is 2.33. The second kappa shape index (κ2) is 5.05. The SMILES string of the molecule is NCc1cc(-c2cc(F)ccc2Cl)ccc1Cl. The largest absolute Gasteiger partial charge is 0.326 e. The Labute approximate surface area is 109 Å². The van der Waals surface area contributed by atoms with Gasteiger partial charge in [-0.15, -0.1) is 0 Å². The van der Waals surface area contributed by atoms with Crippen molar-refractivity contribution in [1.82, 2.24) is 0 Å². The molecule has 1 nitrogen and oxygen atoms in total. The van der Waals surface area contributed by atoms with Crippen LogP contribution in [0.4, 0.5) is 4.39 Å². The van der Waals surface area contributed by atoms with E-state index in [1.165, 1.54) is 18.2 Å². The van der Waals surface area contributed by atoms with Crippen molar-refractivity contribution in [2.75, 3.05) is 0 Å². The monoisotopic (exact) mass is 269 g/mol. The fourth-order valence-corrected chi connectivity index (χ4v) is 2.04. The Balaban J connectivity index is 2.56. The molecule has 0 saturated carbocycles. The number of hydrogen-bond acceptors (Lipinski definition) is 1. The predicted octanol–water partition coefficient (Wildman–Crippen LogP) is 4.26. The van der Waals surface area contributed by atoms with Gasteiger partial charge in [-0.1, -0.05) is 29.3 Å². The van der Waals surface area contributed by atoms with Gasteiger partial charge in [-0.2, -0.15) is 0 Å². The third-order valence-corrected chi connectivity index (χ3v) is 3.20. The van der Waals surface area contributed by atoms with E-state index in [4.69, 9.17) is 28.9 Å². The second-order valence-corrected chi connectivity index (χ2v) is 4.45. The Morgan fingerprint density at radius 2 is 1.71 bits per heavy atom. The third kappa shape index (κ3) is 2.60. The molecule has 4 heteroatoms. The lowest BCUT2D eigenvalue weighted by atomic mass is 10.0. The summed E-state index contributed by atoms with van der Waals surface area (Å²) in [6.07, 6.45) is 0. The van der Waals surface area contributed by atoms with Crippen LogP contribution in [-0.4, -0.2) is 0 Å². The molecule has 0 aromatic heterocycles. The van der Waals surface area contributed by atoms with Crippen molar-refractivity contribution in [3.8, 4) is 11.1 Å². The summed E-state index contributed by atoms with van der Waals surface area (Å²) in [6, 6.07) is 9.60. The molecule has 0 unspecified atom stereocenters. The minimum absolute atomic E-state index is 0.325. The van der Waals surface area contributed by atoms with E-state index in [1.54, 1.807) is 12.1 Å². The molecule has 0 radical (unpaired) electrons. The van der Waals surface area contributed by atoms with E-state index in [0.29, 0.717) is 22.2 Å². The van der Waals surface area contributed by atoms with Crippen LogP contribution < -0.4 is 5.73 Å². The van der Waals surface area contributed by atoms with Crippen LogP contribution in [0, 0.1) is 5.82 Å². The molecule has 88 valence electrons. The summed E-state index contributed by atoms with van der Waals surface area (Å²) in [6.45, 7) is 0.333. The quantitative estimate of drug-likeness (QED) is 0.866. The lowest BCUT2D eigenvalue weighted by molar-refractivity contribution is 0.628. The van der Waals surface area contributed by atoms with Gasteiger partial charge in [0.1, 0.15) is 5.82 Å². The lowest BCUT2D eigenvalue weighted by Crippen LogP contribution is -1.97. The fourth-order valence-electron chi connectivity index (χ4n) is 1.62. The van der Waals surface area contributed by atoms with E-state index in [2.05, 4.69) is 0 Å². The summed E-state index contributed by atoms with van der Waals surface area (Å²) in [4.78, 5) is 0. The Morgan fingerprint density at radius 3 is 2.41 bits per heavy atom. The van der Waals surface area contributed by atoms with Crippen LogP contribution in [0.5, 0.6) is 0 Å². The van der Waals surface area contributed by atoms with Gasteiger partial charge in [0.15, 0.2) is 0 Å². The molecule has 0 amide bonds. The highest BCUT2D eigenvalue weighted by Crippen LogP contribution is 2.31. The number of hydrogen-bond donors (Lipinski definition) is 1. The van der Waals surface area contributed by atoms with Gasteiger partial charge in [0, 0.05) is 22.2 Å². The molecule has 2 rings (SSSR count). The molecular formula is C13H10Cl2FN. The van der Waals surface area contributed by atoms with Crippen LogP contribution >= 0.6 is 23.2 Å². The Kier molecular flexibility index (Phi) is 3.67. The van der Waals surface area contributed by atoms with Crippen LogP contribution in [0.15, 0.2) is 36.4 Å². The lowest BCUT2D eigenvalue weighted by Gasteiger charge is -2.08. The summed E-state index contributed by atoms with van der Waals surface area (Å²) in [7, 11) is 0. The van der Waals surface area contributed by atoms with E-state index in [9.17, 15) is 4.39 Å². The zero-order chi connectivity index (χ0) is 12.4. The van der Waals surface area contributed by atoms with Gasteiger partial charge in [-0.05, 0) is 41.5 Å². The van der Waals surface area contributed by atoms with Gasteiger partial charge in [0.2, 0.25) is 0 Å². The Bertz CT molecular complexity index is 555. The third-order valence-electron chi connectivity index (χ3n) is 2.51. The van der Waals surface area contributed by atoms with E-state index in [-0.39, 0.29) is 5.82 Å². The first-order chi connectivity index (χ1) is 8.11. The van der Waals surface area contributed by atoms with Crippen molar-refractivity contribution in [3.63, 3.8) is 0 Å². The van der Waals surface area contributed by atoms with E-state index in [1.807, 2.05) is 6.07 Å². The van der Waals surface area contributed by atoms with Crippen molar-refractivity contribution in [2.24, 2.45) is 5.73 Å². The first-order valence-electron chi connectivity index (χ1n) is 5.05. The summed E-state index contributed by atoms with van der Waals surface area (Å²) in [5.74, 6) is -0.325. The molecule has 2 N–H and O–H groups in total. The molecule has 0 spiro atoms. The topological polar surface area (TPSA) is 26.0 Å². The van der Waals surface area contributed by atoms with Crippen molar-refractivity contribution in [2.45, 2.75) is 6.54 Å². The average molecular weight is 270 g/mol. The van der Waals surface area contributed by atoms with Crippen molar-refractivity contribution >= 4 is 23.2 Å². The van der Waals surface area contributed by atoms with Gasteiger partial charge in [-0.3, -0.25) is 0 Å². The Morgan fingerprint density at radius 1 is 1.00 bits per heavy atom. The zero-order valence-electron chi connectivity index (χ0n) is 8.88. The number of halogens is 3. The predicted molar refractivity (Wildman–Crippen MR) is 69.7 cm³/mol. The van der Waals surface area contributed by atoms with Gasteiger partial charge in [0.05, 0.1) is 0 Å². The first kappa shape index (κ1) is 12.4. The molecule has 0 atom stereocenters. The summed E-state index contributed by atoms with van der Waals surface area (Å²) in [5, 5.41) is 1.10. The first-order valence-corrected chi connectivity index (χ1v) is 5.81. The van der Waals surface area contributed by atoms with Gasteiger partial charge in [0.25, 0.3) is 0 Å². The number of nitrogens with two attached hydrogens (primary N) is 1. The maximum atomic E-state index is 13.2. The van der Waals surface area contributed by atoms with E-state index >= 15 is 0 Å². The van der Waals surface area contributed by atoms with Gasteiger partial charge in [-0.25, -0.2) is 4.39 Å². The van der Waals surface area contributed by atoms with Gasteiger partial charge < -0.3 is 5.73 Å². The molecule has 0 aliphatic rings. The molecule has 0 aliphatic carbocycles. The summed E-state index contributed by atoms with van der Waals surface area (Å²) in [5.41, 5.74) is 7.83. The highest BCUT2D eigenvalue weighted by molar-refractivity contribution is 6.33. The smallest absolute Gasteiger partial charge is 0.123 e. The van der Waals surface area contributed by atoms with Gasteiger partial charge >= 0.3 is 0 Å². The molecule has 0 saturated heterocycles. The van der Waals surface area contributed by atoms with Crippen molar-refractivity contribution in [3.05, 3.63) is 57.8 Å². The molecule has 2 aromatic rings. The number of rotatable bonds is 2. The number of benzene rings is 2. The van der Waals surface area contributed by atoms with Crippen LogP contribution in [0.3, 0.4) is 0 Å². The fraction of sp³-hybridized carbons (Fsp3) is 0.0769. The van der Waals surface area contributed by atoms with Crippen LogP contribution in [0.25, 0.3) is 11.1 Å². The molecule has 17 heavy (non-hydrogen) atoms. The highest BCUT2D eigenvalue weighted by Gasteiger charge is 2.07. The standard InChI is InChI=1S/C13H10Cl2FN/c14-12-3-1-8(5-9(12)7-17)11-6-10(16)2-4-13(11)15/h1-6H,7,17H2. The normalized spacial score (nSPS) is 10.6.